The summed E-state index contributed by atoms with van der Waals surface area (Å²) in [5.74, 6) is 0.446. The van der Waals surface area contributed by atoms with Crippen LogP contribution < -0.4 is 10.5 Å². The first kappa shape index (κ1) is 14.4. The molecule has 0 saturated carbocycles. The molecular weight excluding hydrogens is 280 g/mol. The molecule has 0 aliphatic heterocycles. The van der Waals surface area contributed by atoms with Crippen LogP contribution in [0, 0.1) is 0 Å². The predicted molar refractivity (Wildman–Crippen MR) is 74.8 cm³/mol. The summed E-state index contributed by atoms with van der Waals surface area (Å²) in [6.45, 7) is 0.227. The van der Waals surface area contributed by atoms with E-state index in [1.165, 1.54) is 49.2 Å². The summed E-state index contributed by atoms with van der Waals surface area (Å²) >= 11 is 0. The van der Waals surface area contributed by atoms with Gasteiger partial charge in [0.15, 0.2) is 0 Å². The van der Waals surface area contributed by atoms with Crippen molar-refractivity contribution >= 4 is 15.7 Å². The smallest absolute Gasteiger partial charge is 0.243 e. The van der Waals surface area contributed by atoms with E-state index < -0.39 is 10.0 Å². The number of benzene rings is 1. The third-order valence-electron chi connectivity index (χ3n) is 2.89. The Labute approximate surface area is 117 Å². The molecule has 2 N–H and O–H groups in total. The Bertz CT molecular complexity index is 680. The fraction of sp³-hybridized carbons (Fsp3) is 0.231. The van der Waals surface area contributed by atoms with Crippen LogP contribution in [0.4, 0.5) is 5.69 Å². The lowest BCUT2D eigenvalue weighted by Gasteiger charge is -2.17. The Morgan fingerprint density at radius 3 is 2.65 bits per heavy atom. The van der Waals surface area contributed by atoms with Gasteiger partial charge in [-0.1, -0.05) is 0 Å². The number of nitrogens with two attached hydrogens (primary N) is 1. The molecule has 0 atom stereocenters. The van der Waals surface area contributed by atoms with Crippen molar-refractivity contribution in [1.29, 1.82) is 0 Å². The van der Waals surface area contributed by atoms with Gasteiger partial charge >= 0.3 is 0 Å². The van der Waals surface area contributed by atoms with Crippen LogP contribution in [0.1, 0.15) is 5.56 Å². The summed E-state index contributed by atoms with van der Waals surface area (Å²) < 4.78 is 36.0. The minimum atomic E-state index is -3.61. The Kier molecular flexibility index (Phi) is 4.01. The molecule has 1 heterocycles. The van der Waals surface area contributed by atoms with Crippen molar-refractivity contribution in [2.24, 2.45) is 0 Å². The largest absolute Gasteiger partial charge is 0.495 e. The lowest BCUT2D eigenvalue weighted by molar-refractivity contribution is 0.416. The van der Waals surface area contributed by atoms with Crippen LogP contribution in [0.25, 0.3) is 0 Å². The quantitative estimate of drug-likeness (QED) is 0.849. The Morgan fingerprint density at radius 1 is 1.35 bits per heavy atom. The van der Waals surface area contributed by atoms with Crippen molar-refractivity contribution < 1.29 is 17.6 Å². The molecule has 0 fully saturated rings. The Balaban J connectivity index is 2.27. The molecule has 20 heavy (non-hydrogen) atoms. The topological polar surface area (TPSA) is 85.8 Å². The maximum Gasteiger partial charge on any atom is 0.243 e. The second-order valence-corrected chi connectivity index (χ2v) is 6.34. The molecule has 0 aliphatic rings. The van der Waals surface area contributed by atoms with Crippen LogP contribution in [0.5, 0.6) is 5.75 Å². The molecule has 0 radical (unpaired) electrons. The molecule has 1 aromatic carbocycles. The van der Waals surface area contributed by atoms with Crippen molar-refractivity contribution in [3.8, 4) is 5.75 Å². The number of sulfonamides is 1. The maximum atomic E-state index is 12.4. The predicted octanol–water partition coefficient (Wildman–Crippen LogP) is 1.69. The summed E-state index contributed by atoms with van der Waals surface area (Å²) in [7, 11) is -0.627. The van der Waals surface area contributed by atoms with E-state index in [9.17, 15) is 8.42 Å². The minimum absolute atomic E-state index is 0.127. The number of rotatable bonds is 5. The fourth-order valence-electron chi connectivity index (χ4n) is 1.78. The SMILES string of the molecule is COc1ccc(S(=O)(=O)N(C)Cc2ccoc2)cc1N. The van der Waals surface area contributed by atoms with E-state index in [4.69, 9.17) is 14.9 Å². The fourth-order valence-corrected chi connectivity index (χ4v) is 2.97. The molecule has 0 amide bonds. The monoisotopic (exact) mass is 296 g/mol. The standard InChI is InChI=1S/C13H16N2O4S/c1-15(8-10-5-6-19-9-10)20(16,17)11-3-4-13(18-2)12(14)7-11/h3-7,9H,8,14H2,1-2H3. The molecule has 2 rings (SSSR count). The number of nitrogens with zero attached hydrogens (tertiary/aromatic N) is 1. The zero-order chi connectivity index (χ0) is 14.8. The first-order valence-electron chi connectivity index (χ1n) is 5.86. The molecule has 0 aliphatic carbocycles. The zero-order valence-electron chi connectivity index (χ0n) is 11.2. The lowest BCUT2D eigenvalue weighted by Crippen LogP contribution is -2.26. The lowest BCUT2D eigenvalue weighted by atomic mass is 10.3. The number of furan rings is 1. The van der Waals surface area contributed by atoms with Gasteiger partial charge in [-0.25, -0.2) is 8.42 Å². The zero-order valence-corrected chi connectivity index (χ0v) is 12.1. The van der Waals surface area contributed by atoms with Crippen molar-refractivity contribution in [3.63, 3.8) is 0 Å². The van der Waals surface area contributed by atoms with Gasteiger partial charge in [0.05, 0.1) is 30.2 Å². The molecule has 0 unspecified atom stereocenters. The molecule has 0 spiro atoms. The van der Waals surface area contributed by atoms with Crippen LogP contribution in [0.3, 0.4) is 0 Å². The Hall–Kier alpha value is -1.99. The van der Waals surface area contributed by atoms with Crippen LogP contribution in [0.2, 0.25) is 0 Å². The highest BCUT2D eigenvalue weighted by atomic mass is 32.2. The van der Waals surface area contributed by atoms with E-state index in [0.29, 0.717) is 5.75 Å². The van der Waals surface area contributed by atoms with Crippen molar-refractivity contribution in [2.45, 2.75) is 11.4 Å². The maximum absolute atomic E-state index is 12.4. The molecule has 6 nitrogen and oxygen atoms in total. The van der Waals surface area contributed by atoms with Crippen LogP contribution in [-0.4, -0.2) is 26.9 Å². The van der Waals surface area contributed by atoms with E-state index in [1.807, 2.05) is 0 Å². The van der Waals surface area contributed by atoms with Crippen molar-refractivity contribution in [3.05, 3.63) is 42.4 Å². The average molecular weight is 296 g/mol. The molecule has 1 aromatic heterocycles. The first-order chi connectivity index (χ1) is 9.45. The number of anilines is 1. The second kappa shape index (κ2) is 5.56. The summed E-state index contributed by atoms with van der Waals surface area (Å²) in [5.41, 5.74) is 6.80. The summed E-state index contributed by atoms with van der Waals surface area (Å²) in [4.78, 5) is 0.127. The van der Waals surface area contributed by atoms with Crippen molar-refractivity contribution in [1.82, 2.24) is 4.31 Å². The van der Waals surface area contributed by atoms with Gasteiger partial charge in [-0.2, -0.15) is 4.31 Å². The molecule has 0 saturated heterocycles. The highest BCUT2D eigenvalue weighted by Gasteiger charge is 2.22. The first-order valence-corrected chi connectivity index (χ1v) is 7.30. The van der Waals surface area contributed by atoms with Gasteiger partial charge in [-0.3, -0.25) is 0 Å². The van der Waals surface area contributed by atoms with Crippen LogP contribution in [-0.2, 0) is 16.6 Å². The third-order valence-corrected chi connectivity index (χ3v) is 4.69. The van der Waals surface area contributed by atoms with E-state index in [1.54, 1.807) is 6.07 Å². The van der Waals surface area contributed by atoms with E-state index in [0.717, 1.165) is 5.56 Å². The minimum Gasteiger partial charge on any atom is -0.495 e. The van der Waals surface area contributed by atoms with Gasteiger partial charge in [0.2, 0.25) is 10.0 Å². The normalized spacial score (nSPS) is 11.8. The van der Waals surface area contributed by atoms with Gasteiger partial charge in [0, 0.05) is 19.2 Å². The third kappa shape index (κ3) is 2.78. The number of methoxy groups -OCH3 is 1. The second-order valence-electron chi connectivity index (χ2n) is 4.30. The number of hydrogen-bond acceptors (Lipinski definition) is 5. The van der Waals surface area contributed by atoms with Gasteiger partial charge in [0.1, 0.15) is 5.75 Å². The van der Waals surface area contributed by atoms with Crippen molar-refractivity contribution in [2.75, 3.05) is 19.9 Å². The summed E-state index contributed by atoms with van der Waals surface area (Å²) in [5, 5.41) is 0. The highest BCUT2D eigenvalue weighted by Crippen LogP contribution is 2.26. The molecule has 2 aromatic rings. The summed E-state index contributed by atoms with van der Waals surface area (Å²) in [6.07, 6.45) is 3.01. The van der Waals surface area contributed by atoms with Gasteiger partial charge < -0.3 is 14.9 Å². The van der Waals surface area contributed by atoms with Gasteiger partial charge in [-0.15, -0.1) is 0 Å². The van der Waals surface area contributed by atoms with Crippen LogP contribution in [0.15, 0.2) is 46.1 Å². The highest BCUT2D eigenvalue weighted by molar-refractivity contribution is 7.89. The summed E-state index contributed by atoms with van der Waals surface area (Å²) in [6, 6.07) is 6.11. The number of ether oxygens (including phenoxy) is 1. The molecule has 7 heteroatoms. The van der Waals surface area contributed by atoms with Gasteiger partial charge in [-0.05, 0) is 24.3 Å². The molecule has 108 valence electrons. The number of hydrogen-bond donors (Lipinski definition) is 1. The van der Waals surface area contributed by atoms with E-state index >= 15 is 0 Å². The molecular formula is C13H16N2O4S. The molecule has 0 bridgehead atoms. The Morgan fingerprint density at radius 2 is 2.10 bits per heavy atom. The average Bonchev–Trinajstić information content (AvgIpc) is 2.91. The van der Waals surface area contributed by atoms with Gasteiger partial charge in [0.25, 0.3) is 0 Å². The van der Waals surface area contributed by atoms with E-state index in [2.05, 4.69) is 0 Å². The van der Waals surface area contributed by atoms with Crippen LogP contribution >= 0.6 is 0 Å². The number of nitrogen functional groups attached to an aromatic ring is 1. The van der Waals surface area contributed by atoms with E-state index in [-0.39, 0.29) is 17.1 Å².